The van der Waals surface area contributed by atoms with Crippen LogP contribution in [0.3, 0.4) is 0 Å². The molecule has 4 rings (SSSR count). The van der Waals surface area contributed by atoms with Crippen LogP contribution in [-0.2, 0) is 29.1 Å². The molecule has 0 fully saturated rings. The number of anilines is 1. The van der Waals surface area contributed by atoms with Crippen molar-refractivity contribution in [2.75, 3.05) is 32.6 Å². The highest BCUT2D eigenvalue weighted by molar-refractivity contribution is 5.89. The molecular weight excluding hydrogens is 548 g/mol. The van der Waals surface area contributed by atoms with Crippen molar-refractivity contribution in [2.24, 2.45) is 0 Å². The van der Waals surface area contributed by atoms with Gasteiger partial charge in [-0.3, -0.25) is 4.79 Å². The van der Waals surface area contributed by atoms with Gasteiger partial charge in [-0.2, -0.15) is 0 Å². The van der Waals surface area contributed by atoms with Crippen LogP contribution in [0.5, 0.6) is 11.5 Å². The highest BCUT2D eigenvalue weighted by atomic mass is 16.5. The van der Waals surface area contributed by atoms with Crippen LogP contribution >= 0.6 is 0 Å². The third-order valence-corrected chi connectivity index (χ3v) is 7.35. The Labute approximate surface area is 252 Å². The smallest absolute Gasteiger partial charge is 0.408 e. The van der Waals surface area contributed by atoms with Crippen LogP contribution in [0.15, 0.2) is 66.7 Å². The first-order valence-electron chi connectivity index (χ1n) is 14.5. The maximum absolute atomic E-state index is 13.7. The second kappa shape index (κ2) is 15.5. The van der Waals surface area contributed by atoms with E-state index in [2.05, 4.69) is 16.0 Å². The molecule has 1 aliphatic rings. The summed E-state index contributed by atoms with van der Waals surface area (Å²) in [6.45, 7) is 3.42. The van der Waals surface area contributed by atoms with Crippen molar-refractivity contribution in [2.45, 2.75) is 51.8 Å². The summed E-state index contributed by atoms with van der Waals surface area (Å²) in [5.41, 5.74) is 4.76. The van der Waals surface area contributed by atoms with E-state index in [9.17, 15) is 14.4 Å². The monoisotopic (exact) mass is 588 g/mol. The summed E-state index contributed by atoms with van der Waals surface area (Å²) in [6, 6.07) is 19.7. The van der Waals surface area contributed by atoms with E-state index in [1.54, 1.807) is 19.1 Å². The fraction of sp³-hybridized carbons (Fsp3) is 0.364. The Bertz CT molecular complexity index is 1380. The molecule has 0 spiro atoms. The highest BCUT2D eigenvalue weighted by Gasteiger charge is 2.29. The molecule has 10 heteroatoms. The van der Waals surface area contributed by atoms with Crippen LogP contribution in [0.2, 0.25) is 0 Å². The maximum atomic E-state index is 13.7. The van der Waals surface area contributed by atoms with Gasteiger partial charge in [-0.15, -0.1) is 0 Å². The molecule has 0 saturated heterocycles. The molecule has 4 amide bonds. The van der Waals surface area contributed by atoms with Gasteiger partial charge in [0.25, 0.3) is 0 Å². The average Bonchev–Trinajstić information content (AvgIpc) is 3.03. The zero-order valence-corrected chi connectivity index (χ0v) is 25.0. The predicted octanol–water partition coefficient (Wildman–Crippen LogP) is 5.18. The van der Waals surface area contributed by atoms with E-state index in [4.69, 9.17) is 14.2 Å². The third kappa shape index (κ3) is 9.13. The lowest BCUT2D eigenvalue weighted by Crippen LogP contribution is -2.50. The number of alkyl carbamates (subject to hydrolysis) is 1. The first-order chi connectivity index (χ1) is 20.9. The van der Waals surface area contributed by atoms with Gasteiger partial charge < -0.3 is 35.1 Å². The molecule has 3 N–H and O–H groups in total. The number of carbonyl (C=O) groups is 3. The summed E-state index contributed by atoms with van der Waals surface area (Å²) in [4.78, 5) is 40.5. The fourth-order valence-corrected chi connectivity index (χ4v) is 4.94. The van der Waals surface area contributed by atoms with E-state index in [1.807, 2.05) is 73.7 Å². The molecule has 0 aromatic heterocycles. The van der Waals surface area contributed by atoms with E-state index in [0.29, 0.717) is 62.5 Å². The van der Waals surface area contributed by atoms with Crippen molar-refractivity contribution >= 4 is 23.7 Å². The average molecular weight is 589 g/mol. The van der Waals surface area contributed by atoms with Gasteiger partial charge in [0.1, 0.15) is 12.6 Å². The van der Waals surface area contributed by atoms with Crippen molar-refractivity contribution in [3.8, 4) is 11.5 Å². The first-order valence-corrected chi connectivity index (χ1v) is 14.5. The van der Waals surface area contributed by atoms with Gasteiger partial charge in [0, 0.05) is 25.3 Å². The molecular formula is C33H40N4O6. The summed E-state index contributed by atoms with van der Waals surface area (Å²) in [5, 5.41) is 8.44. The summed E-state index contributed by atoms with van der Waals surface area (Å²) >= 11 is 0. The van der Waals surface area contributed by atoms with Crippen LogP contribution in [0.4, 0.5) is 15.3 Å². The van der Waals surface area contributed by atoms with E-state index in [1.165, 1.54) is 0 Å². The summed E-state index contributed by atoms with van der Waals surface area (Å²) < 4.78 is 16.3. The summed E-state index contributed by atoms with van der Waals surface area (Å²) in [7, 11) is 3.18. The molecule has 3 aromatic carbocycles. The third-order valence-electron chi connectivity index (χ3n) is 7.35. The normalized spacial score (nSPS) is 12.9. The van der Waals surface area contributed by atoms with Crippen LogP contribution in [0, 0.1) is 6.92 Å². The standard InChI is InChI=1S/C33H40N4O6/c1-23-12-14-27(15-13-23)35-32(39)34-17-8-7-11-28(36-33(40)43-22-24-9-5-4-6-10-24)31(38)37-18-16-25-19-29(41-2)30(42-3)20-26(25)21-37/h4-6,9-10,12-15,19-20,28H,7-8,11,16-18,21-22H2,1-3H3,(H,36,40)(H2,34,35,39). The Morgan fingerprint density at radius 2 is 1.60 bits per heavy atom. The number of amides is 4. The van der Waals surface area contributed by atoms with Crippen LogP contribution < -0.4 is 25.4 Å². The molecule has 1 unspecified atom stereocenters. The number of nitrogens with one attached hydrogen (secondary N) is 3. The number of benzene rings is 3. The lowest BCUT2D eigenvalue weighted by atomic mass is 9.97. The molecule has 10 nitrogen and oxygen atoms in total. The lowest BCUT2D eigenvalue weighted by Gasteiger charge is -2.32. The quantitative estimate of drug-likeness (QED) is 0.251. The van der Waals surface area contributed by atoms with Gasteiger partial charge >= 0.3 is 12.1 Å². The number of carbonyl (C=O) groups excluding carboxylic acids is 3. The Morgan fingerprint density at radius 1 is 0.907 bits per heavy atom. The van der Waals surface area contributed by atoms with E-state index < -0.39 is 12.1 Å². The van der Waals surface area contributed by atoms with E-state index >= 15 is 0 Å². The van der Waals surface area contributed by atoms with Gasteiger partial charge in [-0.05, 0) is 73.6 Å². The van der Waals surface area contributed by atoms with Crippen molar-refractivity contribution in [3.05, 3.63) is 89.0 Å². The summed E-state index contributed by atoms with van der Waals surface area (Å²) in [6.07, 6.45) is 1.64. The van der Waals surface area contributed by atoms with Crippen LogP contribution in [-0.4, -0.2) is 56.3 Å². The number of rotatable bonds is 12. The number of aryl methyl sites for hydroxylation is 1. The number of hydrogen-bond acceptors (Lipinski definition) is 6. The van der Waals surface area contributed by atoms with Gasteiger partial charge in [0.15, 0.2) is 11.5 Å². The van der Waals surface area contributed by atoms with E-state index in [0.717, 1.165) is 22.3 Å². The van der Waals surface area contributed by atoms with Crippen molar-refractivity contribution in [1.29, 1.82) is 0 Å². The predicted molar refractivity (Wildman–Crippen MR) is 164 cm³/mol. The minimum absolute atomic E-state index is 0.103. The molecule has 1 atom stereocenters. The highest BCUT2D eigenvalue weighted by Crippen LogP contribution is 2.33. The van der Waals surface area contributed by atoms with Gasteiger partial charge in [-0.25, -0.2) is 9.59 Å². The lowest BCUT2D eigenvalue weighted by molar-refractivity contribution is -0.134. The minimum Gasteiger partial charge on any atom is -0.493 e. The summed E-state index contributed by atoms with van der Waals surface area (Å²) in [5.74, 6) is 1.08. The number of fused-ring (bicyclic) bond motifs is 1. The second-order valence-electron chi connectivity index (χ2n) is 10.5. The zero-order chi connectivity index (χ0) is 30.6. The molecule has 0 aliphatic carbocycles. The first kappa shape index (κ1) is 31.2. The molecule has 3 aromatic rings. The zero-order valence-electron chi connectivity index (χ0n) is 25.0. The van der Waals surface area contributed by atoms with Gasteiger partial charge in [-0.1, -0.05) is 48.0 Å². The molecule has 0 bridgehead atoms. The molecule has 1 heterocycles. The molecule has 1 aliphatic heterocycles. The molecule has 228 valence electrons. The molecule has 43 heavy (non-hydrogen) atoms. The van der Waals surface area contributed by atoms with Gasteiger partial charge in [0.2, 0.25) is 5.91 Å². The van der Waals surface area contributed by atoms with Crippen molar-refractivity contribution in [1.82, 2.24) is 15.5 Å². The van der Waals surface area contributed by atoms with Crippen LogP contribution in [0.25, 0.3) is 0 Å². The number of unbranched alkanes of at least 4 members (excludes halogenated alkanes) is 1. The number of urea groups is 1. The van der Waals surface area contributed by atoms with Crippen molar-refractivity contribution in [3.63, 3.8) is 0 Å². The Kier molecular flexibility index (Phi) is 11.2. The largest absolute Gasteiger partial charge is 0.493 e. The Morgan fingerprint density at radius 3 is 2.30 bits per heavy atom. The Hall–Kier alpha value is -4.73. The van der Waals surface area contributed by atoms with Crippen molar-refractivity contribution < 1.29 is 28.6 Å². The Balaban J connectivity index is 1.34. The SMILES string of the molecule is COc1cc2c(cc1OC)CN(C(=O)C(CCCCNC(=O)Nc1ccc(C)cc1)NC(=O)OCc1ccccc1)CC2. The number of hydrogen-bond donors (Lipinski definition) is 3. The minimum atomic E-state index is -0.772. The number of ether oxygens (including phenoxy) is 3. The van der Waals surface area contributed by atoms with Gasteiger partial charge in [0.05, 0.1) is 14.2 Å². The number of methoxy groups -OCH3 is 2. The topological polar surface area (TPSA) is 118 Å². The fourth-order valence-electron chi connectivity index (χ4n) is 4.94. The second-order valence-corrected chi connectivity index (χ2v) is 10.5. The maximum Gasteiger partial charge on any atom is 0.408 e. The molecule has 0 saturated carbocycles. The number of nitrogens with zero attached hydrogens (tertiary/aromatic N) is 1. The molecule has 0 radical (unpaired) electrons. The van der Waals surface area contributed by atoms with Crippen LogP contribution in [0.1, 0.15) is 41.5 Å². The van der Waals surface area contributed by atoms with E-state index in [-0.39, 0.29) is 18.5 Å².